The molecule has 4 nitrogen and oxygen atoms in total. The van der Waals surface area contributed by atoms with E-state index in [1.807, 2.05) is 12.1 Å². The fourth-order valence-corrected chi connectivity index (χ4v) is 3.07. The fourth-order valence-electron chi connectivity index (χ4n) is 3.07. The van der Waals surface area contributed by atoms with Crippen LogP contribution in [0, 0.1) is 51.1 Å². The molecule has 2 aliphatic carbocycles. The Kier molecular flexibility index (Phi) is 3.40. The summed E-state index contributed by atoms with van der Waals surface area (Å²) >= 11 is 0. The van der Waals surface area contributed by atoms with Crippen molar-refractivity contribution in [2.24, 2.45) is 17.1 Å². The van der Waals surface area contributed by atoms with Crippen LogP contribution in [0.15, 0.2) is 47.2 Å². The largest absolute Gasteiger partial charge is 0.399 e. The lowest BCUT2D eigenvalue weighted by atomic mass is 9.66. The summed E-state index contributed by atoms with van der Waals surface area (Å²) < 4.78 is 13.2. The van der Waals surface area contributed by atoms with Crippen LogP contribution in [0.25, 0.3) is 0 Å². The van der Waals surface area contributed by atoms with Gasteiger partial charge in [0, 0.05) is 5.92 Å². The van der Waals surface area contributed by atoms with Gasteiger partial charge >= 0.3 is 0 Å². The van der Waals surface area contributed by atoms with Gasteiger partial charge in [-0.05, 0) is 42.0 Å². The summed E-state index contributed by atoms with van der Waals surface area (Å²) in [5, 5.41) is 28.7. The molecule has 112 valence electrons. The maximum atomic E-state index is 13.2. The number of hydrogen-bond donors (Lipinski definition) is 1. The quantitative estimate of drug-likeness (QED) is 0.908. The van der Waals surface area contributed by atoms with Crippen molar-refractivity contribution in [3.63, 3.8) is 0 Å². The Hall–Kier alpha value is -3.10. The minimum Gasteiger partial charge on any atom is -0.399 e. The molecule has 0 radical (unpaired) electrons. The summed E-state index contributed by atoms with van der Waals surface area (Å²) in [6.45, 7) is 0. The van der Waals surface area contributed by atoms with Gasteiger partial charge in [-0.25, -0.2) is 4.39 Å². The molecule has 2 aliphatic rings. The van der Waals surface area contributed by atoms with Gasteiger partial charge in [0.15, 0.2) is 5.41 Å². The van der Waals surface area contributed by atoms with Gasteiger partial charge in [-0.15, -0.1) is 0 Å². The predicted molar refractivity (Wildman–Crippen MR) is 80.4 cm³/mol. The standard InChI is InChI=1S/C18H13FN4/c19-13-5-3-12(4-6-13)16-7-14(11-1-2-11)15(8-20)17(23)18(16,9-21)10-22/h3-7,11,16H,1-2,23H2. The van der Waals surface area contributed by atoms with E-state index in [2.05, 4.69) is 6.07 Å². The van der Waals surface area contributed by atoms with Gasteiger partial charge in [0.1, 0.15) is 11.9 Å². The summed E-state index contributed by atoms with van der Waals surface area (Å²) in [5.74, 6) is -0.760. The Morgan fingerprint density at radius 2 is 1.70 bits per heavy atom. The van der Waals surface area contributed by atoms with Crippen molar-refractivity contribution in [2.45, 2.75) is 18.8 Å². The third kappa shape index (κ3) is 2.17. The van der Waals surface area contributed by atoms with E-state index in [1.54, 1.807) is 18.2 Å². The third-order valence-electron chi connectivity index (χ3n) is 4.51. The summed E-state index contributed by atoms with van der Waals surface area (Å²) in [6, 6.07) is 11.7. The first-order valence-corrected chi connectivity index (χ1v) is 7.27. The van der Waals surface area contributed by atoms with Gasteiger partial charge in [0.25, 0.3) is 0 Å². The highest BCUT2D eigenvalue weighted by Gasteiger charge is 2.48. The van der Waals surface area contributed by atoms with E-state index in [1.165, 1.54) is 12.1 Å². The lowest BCUT2D eigenvalue weighted by molar-refractivity contribution is 0.522. The van der Waals surface area contributed by atoms with E-state index >= 15 is 0 Å². The predicted octanol–water partition coefficient (Wildman–Crippen LogP) is 3.03. The molecule has 0 aliphatic heterocycles. The summed E-state index contributed by atoms with van der Waals surface area (Å²) in [7, 11) is 0. The number of halogens is 1. The molecule has 1 aromatic carbocycles. The number of nitriles is 3. The Morgan fingerprint density at radius 1 is 1.09 bits per heavy atom. The maximum absolute atomic E-state index is 13.2. The maximum Gasteiger partial charge on any atom is 0.194 e. The molecular weight excluding hydrogens is 291 g/mol. The molecular formula is C18H13FN4. The molecule has 0 heterocycles. The Balaban J connectivity index is 2.22. The second kappa shape index (κ2) is 5.27. The van der Waals surface area contributed by atoms with Gasteiger partial charge in [0.2, 0.25) is 0 Å². The van der Waals surface area contributed by atoms with Gasteiger partial charge in [0.05, 0.1) is 23.4 Å². The smallest absolute Gasteiger partial charge is 0.194 e. The third-order valence-corrected chi connectivity index (χ3v) is 4.51. The molecule has 1 fully saturated rings. The average molecular weight is 304 g/mol. The summed E-state index contributed by atoms with van der Waals surface area (Å²) in [5.41, 5.74) is 6.13. The van der Waals surface area contributed by atoms with Gasteiger partial charge in [-0.2, -0.15) is 15.8 Å². The van der Waals surface area contributed by atoms with Crippen LogP contribution in [0.1, 0.15) is 24.3 Å². The normalized spacial score (nSPS) is 22.5. The van der Waals surface area contributed by atoms with Crippen LogP contribution in [0.2, 0.25) is 0 Å². The Morgan fingerprint density at radius 3 is 2.17 bits per heavy atom. The van der Waals surface area contributed by atoms with E-state index in [-0.39, 0.29) is 17.2 Å². The summed E-state index contributed by atoms with van der Waals surface area (Å²) in [4.78, 5) is 0. The van der Waals surface area contributed by atoms with E-state index in [4.69, 9.17) is 5.73 Å². The lowest BCUT2D eigenvalue weighted by Gasteiger charge is -2.33. The van der Waals surface area contributed by atoms with E-state index in [9.17, 15) is 20.2 Å². The second-order valence-corrected chi connectivity index (χ2v) is 5.86. The monoisotopic (exact) mass is 304 g/mol. The molecule has 23 heavy (non-hydrogen) atoms. The van der Waals surface area contributed by atoms with E-state index < -0.39 is 17.2 Å². The van der Waals surface area contributed by atoms with Crippen LogP contribution >= 0.6 is 0 Å². The molecule has 0 bridgehead atoms. The molecule has 2 N–H and O–H groups in total. The van der Waals surface area contributed by atoms with Crippen molar-refractivity contribution in [2.75, 3.05) is 0 Å². The van der Waals surface area contributed by atoms with Gasteiger partial charge < -0.3 is 5.73 Å². The SMILES string of the molecule is N#CC1=C(N)C(C#N)(C#N)C(c2ccc(F)cc2)C=C1C1CC1. The van der Waals surface area contributed by atoms with Crippen molar-refractivity contribution >= 4 is 0 Å². The van der Waals surface area contributed by atoms with Crippen molar-refractivity contribution in [3.05, 3.63) is 58.6 Å². The second-order valence-electron chi connectivity index (χ2n) is 5.86. The van der Waals surface area contributed by atoms with Crippen molar-refractivity contribution < 1.29 is 4.39 Å². The van der Waals surface area contributed by atoms with Crippen molar-refractivity contribution in [3.8, 4) is 18.2 Å². The zero-order valence-electron chi connectivity index (χ0n) is 12.3. The first-order valence-electron chi connectivity index (χ1n) is 7.27. The Bertz CT molecular complexity index is 825. The molecule has 1 aromatic rings. The van der Waals surface area contributed by atoms with Crippen LogP contribution in [-0.2, 0) is 0 Å². The molecule has 0 saturated heterocycles. The number of rotatable bonds is 2. The Labute approximate surface area is 133 Å². The van der Waals surface area contributed by atoms with Crippen LogP contribution in [-0.4, -0.2) is 0 Å². The van der Waals surface area contributed by atoms with Crippen LogP contribution in [0.5, 0.6) is 0 Å². The first-order chi connectivity index (χ1) is 11.1. The highest BCUT2D eigenvalue weighted by atomic mass is 19.1. The average Bonchev–Trinajstić information content (AvgIpc) is 3.40. The highest BCUT2D eigenvalue weighted by Crippen LogP contribution is 2.51. The van der Waals surface area contributed by atoms with Gasteiger partial charge in [-0.3, -0.25) is 0 Å². The number of hydrogen-bond acceptors (Lipinski definition) is 4. The molecule has 0 aromatic heterocycles. The van der Waals surface area contributed by atoms with Gasteiger partial charge in [-0.1, -0.05) is 18.2 Å². The number of nitrogens with two attached hydrogens (primary N) is 1. The zero-order chi connectivity index (χ0) is 16.6. The molecule has 1 atom stereocenters. The van der Waals surface area contributed by atoms with Crippen molar-refractivity contribution in [1.29, 1.82) is 15.8 Å². The minimum atomic E-state index is -1.65. The summed E-state index contributed by atoms with van der Waals surface area (Å²) in [6.07, 6.45) is 3.73. The topological polar surface area (TPSA) is 97.4 Å². The fraction of sp³-hybridized carbons (Fsp3) is 0.278. The zero-order valence-corrected chi connectivity index (χ0v) is 12.3. The molecule has 0 amide bonds. The number of allylic oxidation sites excluding steroid dienone is 4. The molecule has 0 spiro atoms. The molecule has 1 unspecified atom stereocenters. The molecule has 5 heteroatoms. The molecule has 1 saturated carbocycles. The van der Waals surface area contributed by atoms with Crippen LogP contribution in [0.3, 0.4) is 0 Å². The number of benzene rings is 1. The first kappa shape index (κ1) is 14.8. The lowest BCUT2D eigenvalue weighted by Crippen LogP contribution is -2.35. The van der Waals surface area contributed by atoms with E-state index in [0.717, 1.165) is 18.4 Å². The van der Waals surface area contributed by atoms with E-state index in [0.29, 0.717) is 5.56 Å². The molecule has 3 rings (SSSR count). The van der Waals surface area contributed by atoms with Crippen molar-refractivity contribution in [1.82, 2.24) is 0 Å². The van der Waals surface area contributed by atoms with Crippen LogP contribution < -0.4 is 5.73 Å². The highest BCUT2D eigenvalue weighted by molar-refractivity contribution is 5.59. The minimum absolute atomic E-state index is 0.00345. The number of nitrogens with zero attached hydrogens (tertiary/aromatic N) is 3. The van der Waals surface area contributed by atoms with Crippen LogP contribution in [0.4, 0.5) is 4.39 Å².